The van der Waals surface area contributed by atoms with Crippen molar-refractivity contribution in [3.63, 3.8) is 0 Å². The number of halogens is 6. The summed E-state index contributed by atoms with van der Waals surface area (Å²) in [4.78, 5) is 0. The predicted octanol–water partition coefficient (Wildman–Crippen LogP) is 4.12. The van der Waals surface area contributed by atoms with E-state index in [1.54, 1.807) is 0 Å². The van der Waals surface area contributed by atoms with Crippen molar-refractivity contribution in [3.8, 4) is 0 Å². The van der Waals surface area contributed by atoms with E-state index >= 15 is 0 Å². The van der Waals surface area contributed by atoms with Crippen LogP contribution >= 0.6 is 7.60 Å². The Morgan fingerprint density at radius 1 is 1.05 bits per heavy atom. The summed E-state index contributed by atoms with van der Waals surface area (Å²) in [6.45, 7) is -2.24. The fourth-order valence-corrected chi connectivity index (χ4v) is 2.30. The Morgan fingerprint density at radius 3 is 1.71 bits per heavy atom. The maximum atomic E-state index is 12.0. The first-order valence-corrected chi connectivity index (χ1v) is 6.91. The molecule has 0 unspecified atom stereocenters. The van der Waals surface area contributed by atoms with Gasteiger partial charge in [-0.2, -0.15) is 26.3 Å². The van der Waals surface area contributed by atoms with Crippen molar-refractivity contribution in [2.45, 2.75) is 26.2 Å². The summed E-state index contributed by atoms with van der Waals surface area (Å²) < 4.78 is 96.5. The van der Waals surface area contributed by atoms with E-state index in [0.717, 1.165) is 6.92 Å². The molecule has 0 aliphatic carbocycles. The zero-order valence-corrected chi connectivity index (χ0v) is 11.8. The Hall–Kier alpha value is -0.930. The first-order chi connectivity index (χ1) is 9.31. The molecule has 126 valence electrons. The van der Waals surface area contributed by atoms with Gasteiger partial charge in [-0.25, -0.2) is 0 Å². The lowest BCUT2D eigenvalue weighted by atomic mass is 10.7. The molecule has 0 fully saturated rings. The van der Waals surface area contributed by atoms with Crippen molar-refractivity contribution < 1.29 is 49.8 Å². The van der Waals surface area contributed by atoms with Crippen molar-refractivity contribution in [2.24, 2.45) is 0 Å². The number of hydrogen-bond donors (Lipinski definition) is 1. The smallest absolute Gasteiger partial charge is 0.412 e. The van der Waals surface area contributed by atoms with Crippen molar-refractivity contribution >= 4 is 7.60 Å². The molecule has 0 bridgehead atoms. The number of hydrogen-bond acceptors (Lipinski definition) is 5. The second-order valence-corrected chi connectivity index (χ2v) is 5.78. The number of aliphatic hydroxyl groups is 1. The molecule has 12 heteroatoms. The molecule has 0 heterocycles. The maximum absolute atomic E-state index is 12.0. The quantitative estimate of drug-likeness (QED) is 0.427. The molecule has 21 heavy (non-hydrogen) atoms. The molecule has 5 nitrogen and oxygen atoms in total. The Morgan fingerprint density at radius 2 is 1.43 bits per heavy atom. The summed E-state index contributed by atoms with van der Waals surface area (Å²) in [5.74, 6) is -1.12. The normalized spacial score (nSPS) is 14.9. The Kier molecular flexibility index (Phi) is 7.04. The van der Waals surface area contributed by atoms with Crippen LogP contribution in [-0.4, -0.2) is 37.3 Å². The zero-order valence-electron chi connectivity index (χ0n) is 10.9. The molecule has 0 aliphatic heterocycles. The average Bonchev–Trinajstić information content (AvgIpc) is 2.31. The van der Waals surface area contributed by atoms with Crippen molar-refractivity contribution in [3.05, 3.63) is 11.3 Å². The van der Waals surface area contributed by atoms with E-state index in [1.807, 2.05) is 0 Å². The largest absolute Gasteiger partial charge is 0.481 e. The van der Waals surface area contributed by atoms with E-state index in [9.17, 15) is 36.0 Å². The molecule has 0 rings (SSSR count). The predicted molar refractivity (Wildman–Crippen MR) is 58.6 cm³/mol. The van der Waals surface area contributed by atoms with Crippen LogP contribution in [0.2, 0.25) is 0 Å². The first-order valence-electron chi connectivity index (χ1n) is 5.36. The minimum Gasteiger partial charge on any atom is -0.481 e. The van der Waals surface area contributed by atoms with Crippen molar-refractivity contribution in [2.75, 3.05) is 19.8 Å². The van der Waals surface area contributed by atoms with Gasteiger partial charge in [0.25, 0.3) is 5.95 Å². The summed E-state index contributed by atoms with van der Waals surface area (Å²) in [5, 5.41) is 8.38. The van der Waals surface area contributed by atoms with Gasteiger partial charge in [0.15, 0.2) is 13.2 Å². The second kappa shape index (κ2) is 7.37. The Balaban J connectivity index is 5.26. The molecule has 0 radical (unpaired) electrons. The first kappa shape index (κ1) is 20.1. The fraction of sp³-hybridized carbons (Fsp3) is 0.778. The van der Waals surface area contributed by atoms with Crippen LogP contribution in [0.15, 0.2) is 11.3 Å². The third kappa shape index (κ3) is 8.18. The highest BCUT2D eigenvalue weighted by Gasteiger charge is 2.41. The number of aliphatic hydroxyl groups excluding tert-OH is 1. The maximum Gasteiger partial charge on any atom is 0.412 e. The molecule has 0 amide bonds. The van der Waals surface area contributed by atoms with E-state index in [2.05, 4.69) is 13.8 Å². The summed E-state index contributed by atoms with van der Waals surface area (Å²) in [5.41, 5.74) is 0. The Bertz CT molecular complexity index is 394. The SMILES string of the molecule is CCO/C(O)=C(\C)P(=O)(OCC(F)(F)F)OCC(F)(F)F. The van der Waals surface area contributed by atoms with E-state index in [4.69, 9.17) is 0 Å². The zero-order chi connectivity index (χ0) is 16.9. The van der Waals surface area contributed by atoms with Crippen molar-refractivity contribution in [1.29, 1.82) is 0 Å². The second-order valence-electron chi connectivity index (χ2n) is 3.60. The minimum atomic E-state index is -5.02. The third-order valence-electron chi connectivity index (χ3n) is 1.80. The molecule has 0 aromatic rings. The summed E-state index contributed by atoms with van der Waals surface area (Å²) in [6.07, 6.45) is -9.89. The van der Waals surface area contributed by atoms with Gasteiger partial charge in [-0.3, -0.25) is 13.6 Å². The molecule has 0 aliphatic rings. The van der Waals surface area contributed by atoms with Gasteiger partial charge >= 0.3 is 19.9 Å². The van der Waals surface area contributed by atoms with Crippen LogP contribution in [0.4, 0.5) is 26.3 Å². The van der Waals surface area contributed by atoms with Crippen LogP contribution in [0.5, 0.6) is 0 Å². The van der Waals surface area contributed by atoms with Crippen LogP contribution in [0.1, 0.15) is 13.8 Å². The van der Waals surface area contributed by atoms with Crippen LogP contribution in [0, 0.1) is 0 Å². The molecule has 1 N–H and O–H groups in total. The van der Waals surface area contributed by atoms with Crippen molar-refractivity contribution in [1.82, 2.24) is 0 Å². The van der Waals surface area contributed by atoms with Gasteiger partial charge in [-0.15, -0.1) is 0 Å². The number of ether oxygens (including phenoxy) is 1. The lowest BCUT2D eigenvalue weighted by molar-refractivity contribution is -0.165. The highest BCUT2D eigenvalue weighted by Crippen LogP contribution is 2.58. The highest BCUT2D eigenvalue weighted by atomic mass is 31.2. The number of rotatable bonds is 7. The van der Waals surface area contributed by atoms with E-state index in [1.165, 1.54) is 6.92 Å². The molecule has 0 atom stereocenters. The molecule has 0 saturated heterocycles. The van der Waals surface area contributed by atoms with Gasteiger partial charge in [0.05, 0.1) is 6.61 Å². The standard InChI is InChI=1S/C9H13F6O5P/c1-3-18-7(16)6(2)21(17,19-4-8(10,11)12)20-5-9(13,14)15/h16H,3-5H2,1-2H3/b7-6+. The summed E-state index contributed by atoms with van der Waals surface area (Å²) in [6, 6.07) is 0. The fourth-order valence-electron chi connectivity index (χ4n) is 0.906. The third-order valence-corrected chi connectivity index (χ3v) is 3.75. The van der Waals surface area contributed by atoms with Crippen LogP contribution < -0.4 is 0 Å². The highest BCUT2D eigenvalue weighted by molar-refractivity contribution is 7.58. The van der Waals surface area contributed by atoms with Gasteiger partial charge in [0, 0.05) is 0 Å². The number of allylic oxidation sites excluding steroid dienone is 1. The van der Waals surface area contributed by atoms with Gasteiger partial charge in [0.1, 0.15) is 5.31 Å². The number of alkyl halides is 6. The van der Waals surface area contributed by atoms with Gasteiger partial charge in [-0.05, 0) is 13.8 Å². The minimum absolute atomic E-state index is 0.165. The van der Waals surface area contributed by atoms with E-state index in [0.29, 0.717) is 0 Å². The van der Waals surface area contributed by atoms with Crippen LogP contribution in [0.3, 0.4) is 0 Å². The van der Waals surface area contributed by atoms with Gasteiger partial charge in [-0.1, -0.05) is 0 Å². The molecule has 0 saturated carbocycles. The molecular formula is C9H13F6O5P. The lowest BCUT2D eigenvalue weighted by Gasteiger charge is -2.21. The average molecular weight is 346 g/mol. The topological polar surface area (TPSA) is 65.0 Å². The lowest BCUT2D eigenvalue weighted by Crippen LogP contribution is -2.20. The molecular weight excluding hydrogens is 333 g/mol. The Labute approximate surface area is 116 Å². The van der Waals surface area contributed by atoms with Crippen LogP contribution in [-0.2, 0) is 18.3 Å². The summed E-state index contributed by atoms with van der Waals surface area (Å²) >= 11 is 0. The van der Waals surface area contributed by atoms with Gasteiger partial charge < -0.3 is 9.84 Å². The molecule has 0 aromatic carbocycles. The van der Waals surface area contributed by atoms with Gasteiger partial charge in [0.2, 0.25) is 0 Å². The monoisotopic (exact) mass is 346 g/mol. The molecule has 0 spiro atoms. The summed E-state index contributed by atoms with van der Waals surface area (Å²) in [7, 11) is -5.02. The molecule has 0 aromatic heterocycles. The van der Waals surface area contributed by atoms with Crippen LogP contribution in [0.25, 0.3) is 0 Å². The van der Waals surface area contributed by atoms with E-state index < -0.39 is 44.4 Å². The van der Waals surface area contributed by atoms with E-state index in [-0.39, 0.29) is 6.61 Å².